The summed E-state index contributed by atoms with van der Waals surface area (Å²) in [5, 5.41) is 0. The second-order valence-electron chi connectivity index (χ2n) is 5.25. The van der Waals surface area contributed by atoms with Crippen molar-refractivity contribution in [3.05, 3.63) is 54.2 Å². The average Bonchev–Trinajstić information content (AvgIpc) is 2.55. The summed E-state index contributed by atoms with van der Waals surface area (Å²) in [6.45, 7) is 2.39. The zero-order valence-corrected chi connectivity index (χ0v) is 14.1. The van der Waals surface area contributed by atoms with Crippen molar-refractivity contribution in [3.63, 3.8) is 0 Å². The maximum atomic E-state index is 12.1. The van der Waals surface area contributed by atoms with Gasteiger partial charge in [-0.1, -0.05) is 50.1 Å². The normalized spacial score (nSPS) is 11.2. The van der Waals surface area contributed by atoms with Gasteiger partial charge in [0, 0.05) is 6.20 Å². The lowest BCUT2D eigenvalue weighted by Crippen LogP contribution is -2.18. The molecular formula is C17H22N2O3S. The molecule has 0 unspecified atom stereocenters. The van der Waals surface area contributed by atoms with Gasteiger partial charge in [0.25, 0.3) is 0 Å². The number of ether oxygens (including phenoxy) is 1. The second-order valence-corrected chi connectivity index (χ2v) is 7.09. The Hall–Kier alpha value is -2.08. The molecule has 6 heteroatoms. The second kappa shape index (κ2) is 8.53. The molecule has 0 saturated heterocycles. The van der Waals surface area contributed by atoms with Gasteiger partial charge in [0.1, 0.15) is 6.61 Å². The molecule has 0 aliphatic heterocycles. The number of hydrogen-bond acceptors (Lipinski definition) is 4. The van der Waals surface area contributed by atoms with E-state index in [0.717, 1.165) is 18.4 Å². The first-order valence-electron chi connectivity index (χ1n) is 7.73. The van der Waals surface area contributed by atoms with Crippen LogP contribution >= 0.6 is 0 Å². The summed E-state index contributed by atoms with van der Waals surface area (Å²) >= 11 is 0. The summed E-state index contributed by atoms with van der Waals surface area (Å²) in [5.41, 5.74) is 1.01. The van der Waals surface area contributed by atoms with Gasteiger partial charge < -0.3 is 4.74 Å². The van der Waals surface area contributed by atoms with Crippen molar-refractivity contribution >= 4 is 15.8 Å². The highest BCUT2D eigenvalue weighted by Crippen LogP contribution is 2.23. The topological polar surface area (TPSA) is 68.3 Å². The summed E-state index contributed by atoms with van der Waals surface area (Å²) in [5.74, 6) is 0.755. The molecule has 0 radical (unpaired) electrons. The maximum Gasteiger partial charge on any atom is 0.233 e. The van der Waals surface area contributed by atoms with E-state index in [1.54, 1.807) is 18.3 Å². The molecule has 0 amide bonds. The fourth-order valence-electron chi connectivity index (χ4n) is 2.06. The van der Waals surface area contributed by atoms with E-state index in [0.29, 0.717) is 18.8 Å². The number of anilines is 1. The molecule has 1 N–H and O–H groups in total. The summed E-state index contributed by atoms with van der Waals surface area (Å²) in [4.78, 5) is 4.09. The van der Waals surface area contributed by atoms with E-state index in [1.807, 2.05) is 37.3 Å². The molecule has 5 nitrogen and oxygen atoms in total. The van der Waals surface area contributed by atoms with Crippen LogP contribution in [0.4, 0.5) is 5.82 Å². The average molecular weight is 334 g/mol. The predicted octanol–water partition coefficient (Wildman–Crippen LogP) is 3.59. The highest BCUT2D eigenvalue weighted by Gasteiger charge is 2.14. The molecule has 23 heavy (non-hydrogen) atoms. The van der Waals surface area contributed by atoms with Crippen molar-refractivity contribution in [2.24, 2.45) is 0 Å². The third kappa shape index (κ3) is 5.90. The smallest absolute Gasteiger partial charge is 0.233 e. The van der Waals surface area contributed by atoms with Gasteiger partial charge in [-0.15, -0.1) is 0 Å². The van der Waals surface area contributed by atoms with Crippen molar-refractivity contribution in [3.8, 4) is 5.75 Å². The lowest BCUT2D eigenvalue weighted by atomic mass is 10.2. The van der Waals surface area contributed by atoms with Crippen LogP contribution in [-0.2, 0) is 16.6 Å². The van der Waals surface area contributed by atoms with Crippen molar-refractivity contribution in [1.29, 1.82) is 0 Å². The van der Waals surface area contributed by atoms with Crippen LogP contribution < -0.4 is 9.46 Å². The fraction of sp³-hybridized carbons (Fsp3) is 0.353. The molecule has 2 aromatic rings. The number of sulfonamides is 1. The zero-order chi connectivity index (χ0) is 16.5. The molecular weight excluding hydrogens is 312 g/mol. The van der Waals surface area contributed by atoms with Crippen LogP contribution in [0.1, 0.15) is 31.7 Å². The van der Waals surface area contributed by atoms with E-state index in [2.05, 4.69) is 9.71 Å². The predicted molar refractivity (Wildman–Crippen MR) is 91.9 cm³/mol. The highest BCUT2D eigenvalue weighted by molar-refractivity contribution is 7.92. The SMILES string of the molecule is CCCCCS(=O)(=O)Nc1ncccc1OCc1ccccc1. The van der Waals surface area contributed by atoms with Crippen LogP contribution in [-0.4, -0.2) is 19.2 Å². The van der Waals surface area contributed by atoms with Gasteiger partial charge >= 0.3 is 0 Å². The number of aromatic nitrogens is 1. The third-order valence-electron chi connectivity index (χ3n) is 3.28. The molecule has 1 aromatic carbocycles. The molecule has 124 valence electrons. The maximum absolute atomic E-state index is 12.1. The summed E-state index contributed by atoms with van der Waals surface area (Å²) in [7, 11) is -3.40. The van der Waals surface area contributed by atoms with Crippen molar-refractivity contribution in [2.75, 3.05) is 10.5 Å². The summed E-state index contributed by atoms with van der Waals surface area (Å²) in [6, 6.07) is 13.1. The van der Waals surface area contributed by atoms with Gasteiger partial charge in [-0.05, 0) is 24.1 Å². The summed E-state index contributed by atoms with van der Waals surface area (Å²) < 4.78 is 32.4. The molecule has 0 bridgehead atoms. The number of hydrogen-bond donors (Lipinski definition) is 1. The fourth-order valence-corrected chi connectivity index (χ4v) is 3.19. The molecule has 1 heterocycles. The van der Waals surface area contributed by atoms with E-state index in [4.69, 9.17) is 4.74 Å². The number of rotatable bonds is 9. The van der Waals surface area contributed by atoms with Crippen molar-refractivity contribution in [1.82, 2.24) is 4.98 Å². The Morgan fingerprint density at radius 3 is 2.61 bits per heavy atom. The Morgan fingerprint density at radius 2 is 1.87 bits per heavy atom. The van der Waals surface area contributed by atoms with Gasteiger partial charge in [-0.25, -0.2) is 13.4 Å². The Balaban J connectivity index is 2.02. The van der Waals surface area contributed by atoms with E-state index in [9.17, 15) is 8.42 Å². The van der Waals surface area contributed by atoms with Crippen molar-refractivity contribution in [2.45, 2.75) is 32.8 Å². The first-order valence-corrected chi connectivity index (χ1v) is 9.38. The molecule has 0 saturated carbocycles. The molecule has 2 rings (SSSR count). The van der Waals surface area contributed by atoms with Gasteiger partial charge in [0.15, 0.2) is 11.6 Å². The van der Waals surface area contributed by atoms with Gasteiger partial charge in [0.2, 0.25) is 10.0 Å². The number of unbranched alkanes of at least 4 members (excludes halogenated alkanes) is 2. The standard InChI is InChI=1S/C17H22N2O3S/c1-2-3-7-13-23(20,21)19-17-16(11-8-12-18-17)22-14-15-9-5-4-6-10-15/h4-6,8-12H,2-3,7,13-14H2,1H3,(H,18,19). The quantitative estimate of drug-likeness (QED) is 0.712. The number of nitrogens with one attached hydrogen (secondary N) is 1. The van der Waals surface area contributed by atoms with E-state index in [1.165, 1.54) is 0 Å². The largest absolute Gasteiger partial charge is 0.485 e. The monoisotopic (exact) mass is 334 g/mol. The lowest BCUT2D eigenvalue weighted by molar-refractivity contribution is 0.307. The van der Waals surface area contributed by atoms with Crippen LogP contribution in [0, 0.1) is 0 Å². The van der Waals surface area contributed by atoms with Crippen LogP contribution in [0.5, 0.6) is 5.75 Å². The number of pyridine rings is 1. The molecule has 1 aromatic heterocycles. The molecule has 0 aliphatic rings. The van der Waals surface area contributed by atoms with Crippen LogP contribution in [0.2, 0.25) is 0 Å². The Labute approximate surface area is 137 Å². The van der Waals surface area contributed by atoms with Gasteiger partial charge in [-0.2, -0.15) is 0 Å². The summed E-state index contributed by atoms with van der Waals surface area (Å²) in [6.07, 6.45) is 4.04. The first-order chi connectivity index (χ1) is 11.1. The van der Waals surface area contributed by atoms with Crippen molar-refractivity contribution < 1.29 is 13.2 Å². The zero-order valence-electron chi connectivity index (χ0n) is 13.2. The van der Waals surface area contributed by atoms with Gasteiger partial charge in [-0.3, -0.25) is 4.72 Å². The minimum absolute atomic E-state index is 0.0928. The number of nitrogens with zero attached hydrogens (tertiary/aromatic N) is 1. The Kier molecular flexibility index (Phi) is 6.40. The number of benzene rings is 1. The molecule has 0 fully saturated rings. The van der Waals surface area contributed by atoms with E-state index >= 15 is 0 Å². The van der Waals surface area contributed by atoms with Crippen LogP contribution in [0.3, 0.4) is 0 Å². The van der Waals surface area contributed by atoms with E-state index in [-0.39, 0.29) is 11.6 Å². The highest BCUT2D eigenvalue weighted by atomic mass is 32.2. The Bertz CT molecular complexity index is 703. The first kappa shape index (κ1) is 17.3. The lowest BCUT2D eigenvalue weighted by Gasteiger charge is -2.12. The van der Waals surface area contributed by atoms with Crippen LogP contribution in [0.15, 0.2) is 48.7 Å². The van der Waals surface area contributed by atoms with E-state index < -0.39 is 10.0 Å². The molecule has 0 spiro atoms. The van der Waals surface area contributed by atoms with Gasteiger partial charge in [0.05, 0.1) is 5.75 Å². The molecule has 0 aliphatic carbocycles. The molecule has 0 atom stereocenters. The van der Waals surface area contributed by atoms with Crippen LogP contribution in [0.25, 0.3) is 0 Å². The Morgan fingerprint density at radius 1 is 1.09 bits per heavy atom. The third-order valence-corrected chi connectivity index (χ3v) is 4.61. The minimum Gasteiger partial charge on any atom is -0.485 e. The minimum atomic E-state index is -3.40.